The summed E-state index contributed by atoms with van der Waals surface area (Å²) in [6.07, 6.45) is 8.88. The zero-order valence-electron chi connectivity index (χ0n) is 11.0. The van der Waals surface area contributed by atoms with E-state index in [9.17, 15) is 4.79 Å². The zero-order valence-corrected chi connectivity index (χ0v) is 11.0. The zero-order chi connectivity index (χ0) is 12.3. The van der Waals surface area contributed by atoms with Crippen molar-refractivity contribution in [1.82, 2.24) is 5.32 Å². The van der Waals surface area contributed by atoms with Crippen molar-refractivity contribution in [2.45, 2.75) is 70.4 Å². The van der Waals surface area contributed by atoms with Crippen LogP contribution in [0.2, 0.25) is 0 Å². The van der Waals surface area contributed by atoms with Crippen molar-refractivity contribution < 1.29 is 4.79 Å². The highest BCUT2D eigenvalue weighted by atomic mass is 16.1. The average Bonchev–Trinajstić information content (AvgIpc) is 2.68. The van der Waals surface area contributed by atoms with Gasteiger partial charge in [-0.25, -0.2) is 0 Å². The van der Waals surface area contributed by atoms with Crippen LogP contribution < -0.4 is 11.1 Å². The van der Waals surface area contributed by atoms with E-state index < -0.39 is 0 Å². The summed E-state index contributed by atoms with van der Waals surface area (Å²) in [4.78, 5) is 12.0. The van der Waals surface area contributed by atoms with Crippen LogP contribution in [0.25, 0.3) is 0 Å². The highest BCUT2D eigenvalue weighted by molar-refractivity contribution is 5.76. The van der Waals surface area contributed by atoms with Gasteiger partial charge in [-0.05, 0) is 50.4 Å². The van der Waals surface area contributed by atoms with Gasteiger partial charge in [0.15, 0.2) is 0 Å². The fourth-order valence-corrected chi connectivity index (χ4v) is 3.28. The van der Waals surface area contributed by atoms with Crippen molar-refractivity contribution in [2.75, 3.05) is 0 Å². The molecular formula is C14H26N2O. The molecule has 2 saturated carbocycles. The van der Waals surface area contributed by atoms with Gasteiger partial charge in [-0.2, -0.15) is 0 Å². The molecule has 0 saturated heterocycles. The van der Waals surface area contributed by atoms with Crippen molar-refractivity contribution in [3.05, 3.63) is 0 Å². The number of hydrogen-bond acceptors (Lipinski definition) is 2. The molecule has 1 amide bonds. The molecule has 2 rings (SSSR count). The topological polar surface area (TPSA) is 55.1 Å². The molecule has 3 heteroatoms. The summed E-state index contributed by atoms with van der Waals surface area (Å²) in [5.74, 6) is 1.51. The molecule has 0 heterocycles. The Bertz CT molecular complexity index is 259. The van der Waals surface area contributed by atoms with Crippen molar-refractivity contribution >= 4 is 5.91 Å². The number of nitrogens with two attached hydrogens (primary N) is 1. The van der Waals surface area contributed by atoms with E-state index in [2.05, 4.69) is 12.2 Å². The molecule has 0 spiro atoms. The second-order valence-corrected chi connectivity index (χ2v) is 6.07. The number of nitrogens with one attached hydrogen (secondary N) is 1. The first kappa shape index (κ1) is 12.9. The van der Waals surface area contributed by atoms with E-state index in [1.54, 1.807) is 0 Å². The van der Waals surface area contributed by atoms with Gasteiger partial charge >= 0.3 is 0 Å². The number of amides is 1. The van der Waals surface area contributed by atoms with Crippen LogP contribution in [0.3, 0.4) is 0 Å². The molecule has 98 valence electrons. The molecule has 3 N–H and O–H groups in total. The predicted molar refractivity (Wildman–Crippen MR) is 69.5 cm³/mol. The normalized spacial score (nSPS) is 38.0. The quantitative estimate of drug-likeness (QED) is 0.792. The molecule has 17 heavy (non-hydrogen) atoms. The standard InChI is InChI=1S/C14H26N2O/c1-10-3-2-4-13(10)16-14(17)9-11-5-7-12(15)8-6-11/h10-13H,2-9,15H2,1H3,(H,16,17). The number of carbonyl (C=O) groups excluding carboxylic acids is 1. The fourth-order valence-electron chi connectivity index (χ4n) is 3.28. The Morgan fingerprint density at radius 3 is 2.47 bits per heavy atom. The van der Waals surface area contributed by atoms with E-state index in [-0.39, 0.29) is 5.91 Å². The van der Waals surface area contributed by atoms with Crippen LogP contribution in [0.5, 0.6) is 0 Å². The highest BCUT2D eigenvalue weighted by Crippen LogP contribution is 2.27. The second kappa shape index (κ2) is 5.85. The van der Waals surface area contributed by atoms with Gasteiger partial charge in [0, 0.05) is 18.5 Å². The van der Waals surface area contributed by atoms with Gasteiger partial charge in [0.05, 0.1) is 0 Å². The van der Waals surface area contributed by atoms with Crippen LogP contribution in [-0.2, 0) is 4.79 Å². The van der Waals surface area contributed by atoms with E-state index in [0.717, 1.165) is 32.1 Å². The summed E-state index contributed by atoms with van der Waals surface area (Å²) < 4.78 is 0. The Labute approximate surface area is 105 Å². The van der Waals surface area contributed by atoms with Crippen molar-refractivity contribution in [2.24, 2.45) is 17.6 Å². The molecule has 0 aromatic carbocycles. The lowest BCUT2D eigenvalue weighted by Gasteiger charge is -2.26. The van der Waals surface area contributed by atoms with E-state index in [1.165, 1.54) is 19.3 Å². The van der Waals surface area contributed by atoms with Crippen LogP contribution in [0.4, 0.5) is 0 Å². The van der Waals surface area contributed by atoms with Crippen LogP contribution in [0.1, 0.15) is 58.3 Å². The third-order valence-corrected chi connectivity index (χ3v) is 4.57. The Morgan fingerprint density at radius 2 is 1.88 bits per heavy atom. The first-order chi connectivity index (χ1) is 8.15. The lowest BCUT2D eigenvalue weighted by atomic mass is 9.84. The van der Waals surface area contributed by atoms with Crippen LogP contribution in [0.15, 0.2) is 0 Å². The Balaban J connectivity index is 1.70. The summed E-state index contributed by atoms with van der Waals surface area (Å²) in [5, 5.41) is 3.22. The van der Waals surface area contributed by atoms with Gasteiger partial charge in [0.1, 0.15) is 0 Å². The Kier molecular flexibility index (Phi) is 4.43. The molecular weight excluding hydrogens is 212 g/mol. The predicted octanol–water partition coefficient (Wildman–Crippen LogP) is 2.20. The maximum absolute atomic E-state index is 12.0. The molecule has 0 bridgehead atoms. The van der Waals surface area contributed by atoms with E-state index in [0.29, 0.717) is 23.9 Å². The highest BCUT2D eigenvalue weighted by Gasteiger charge is 2.26. The van der Waals surface area contributed by atoms with Gasteiger partial charge < -0.3 is 11.1 Å². The summed E-state index contributed by atoms with van der Waals surface area (Å²) in [6, 6.07) is 0.817. The number of hydrogen-bond donors (Lipinski definition) is 2. The molecule has 0 aliphatic heterocycles. The minimum Gasteiger partial charge on any atom is -0.353 e. The molecule has 2 fully saturated rings. The van der Waals surface area contributed by atoms with Crippen molar-refractivity contribution in [1.29, 1.82) is 0 Å². The van der Waals surface area contributed by atoms with Gasteiger partial charge in [-0.15, -0.1) is 0 Å². The minimum absolute atomic E-state index is 0.268. The molecule has 2 unspecified atom stereocenters. The van der Waals surface area contributed by atoms with Gasteiger partial charge in [0.25, 0.3) is 0 Å². The molecule has 3 nitrogen and oxygen atoms in total. The Hall–Kier alpha value is -0.570. The summed E-state index contributed by atoms with van der Waals surface area (Å²) in [6.45, 7) is 2.25. The lowest BCUT2D eigenvalue weighted by molar-refractivity contribution is -0.123. The molecule has 0 aromatic heterocycles. The van der Waals surface area contributed by atoms with Gasteiger partial charge in [-0.1, -0.05) is 13.3 Å². The third kappa shape index (κ3) is 3.70. The Morgan fingerprint density at radius 1 is 1.18 bits per heavy atom. The van der Waals surface area contributed by atoms with Crippen LogP contribution in [-0.4, -0.2) is 18.0 Å². The van der Waals surface area contributed by atoms with Crippen molar-refractivity contribution in [3.8, 4) is 0 Å². The molecule has 0 radical (unpaired) electrons. The summed E-state index contributed by atoms with van der Waals surface area (Å²) >= 11 is 0. The monoisotopic (exact) mass is 238 g/mol. The number of carbonyl (C=O) groups is 1. The number of rotatable bonds is 3. The second-order valence-electron chi connectivity index (χ2n) is 6.07. The first-order valence-corrected chi connectivity index (χ1v) is 7.20. The lowest BCUT2D eigenvalue weighted by Crippen LogP contribution is -2.38. The summed E-state index contributed by atoms with van der Waals surface area (Å²) in [5.41, 5.74) is 5.88. The maximum atomic E-state index is 12.0. The van der Waals surface area contributed by atoms with E-state index in [4.69, 9.17) is 5.73 Å². The third-order valence-electron chi connectivity index (χ3n) is 4.57. The first-order valence-electron chi connectivity index (χ1n) is 7.20. The molecule has 2 aliphatic carbocycles. The van der Waals surface area contributed by atoms with Gasteiger partial charge in [0.2, 0.25) is 5.91 Å². The van der Waals surface area contributed by atoms with Gasteiger partial charge in [-0.3, -0.25) is 4.79 Å². The fraction of sp³-hybridized carbons (Fsp3) is 0.929. The van der Waals surface area contributed by atoms with Crippen molar-refractivity contribution in [3.63, 3.8) is 0 Å². The molecule has 2 aliphatic rings. The van der Waals surface area contributed by atoms with Crippen LogP contribution in [0, 0.1) is 11.8 Å². The van der Waals surface area contributed by atoms with E-state index in [1.807, 2.05) is 0 Å². The van der Waals surface area contributed by atoms with E-state index >= 15 is 0 Å². The molecule has 0 aromatic rings. The minimum atomic E-state index is 0.268. The van der Waals surface area contributed by atoms with Crippen LogP contribution >= 0.6 is 0 Å². The maximum Gasteiger partial charge on any atom is 0.220 e. The average molecular weight is 238 g/mol. The largest absolute Gasteiger partial charge is 0.353 e. The SMILES string of the molecule is CC1CCCC1NC(=O)CC1CCC(N)CC1. The smallest absolute Gasteiger partial charge is 0.220 e. The molecule has 2 atom stereocenters. The summed E-state index contributed by atoms with van der Waals surface area (Å²) in [7, 11) is 0.